The van der Waals surface area contributed by atoms with Crippen molar-refractivity contribution >= 4 is 0 Å². The number of ether oxygens (including phenoxy) is 1. The van der Waals surface area contributed by atoms with E-state index in [1.165, 1.54) is 0 Å². The van der Waals surface area contributed by atoms with Gasteiger partial charge in [-0.3, -0.25) is 0 Å². The predicted molar refractivity (Wildman–Crippen MR) is 44.5 cm³/mol. The minimum absolute atomic E-state index is 0.161. The van der Waals surface area contributed by atoms with Crippen molar-refractivity contribution in [3.63, 3.8) is 0 Å². The number of hydrogen-bond donors (Lipinski definition) is 1. The largest absolute Gasteiger partial charge is 0.462 e. The molecule has 1 saturated carbocycles. The highest BCUT2D eigenvalue weighted by molar-refractivity contribution is 5.21. The Bertz CT molecular complexity index is 276. The van der Waals surface area contributed by atoms with Crippen molar-refractivity contribution in [3.8, 4) is 0 Å². The molecule has 1 aromatic heterocycles. The molecular weight excluding hydrogens is 154 g/mol. The average Bonchev–Trinajstić information content (AvgIpc) is 2.64. The molecule has 1 aliphatic rings. The molecule has 2 N–H and O–H groups in total. The summed E-state index contributed by atoms with van der Waals surface area (Å²) in [6.45, 7) is 0.524. The van der Waals surface area contributed by atoms with Gasteiger partial charge in [0.05, 0.1) is 5.54 Å². The molecule has 2 rings (SSSR count). The van der Waals surface area contributed by atoms with Crippen LogP contribution in [0.5, 0.6) is 0 Å². The second-order valence-electron chi connectivity index (χ2n) is 3.36. The van der Waals surface area contributed by atoms with Crippen molar-refractivity contribution in [1.82, 2.24) is 0 Å². The first kappa shape index (κ1) is 7.83. The lowest BCUT2D eigenvalue weighted by molar-refractivity contribution is 0.161. The smallest absolute Gasteiger partial charge is 0.129 e. The van der Waals surface area contributed by atoms with Crippen LogP contribution in [0.3, 0.4) is 0 Å². The first-order valence-corrected chi connectivity index (χ1v) is 4.12. The summed E-state index contributed by atoms with van der Waals surface area (Å²) < 4.78 is 10.4. The SMILES string of the molecule is COCc1ccc(C2(N)CC2)o1. The van der Waals surface area contributed by atoms with Crippen LogP contribution >= 0.6 is 0 Å². The molecule has 0 amide bonds. The summed E-state index contributed by atoms with van der Waals surface area (Å²) in [5, 5.41) is 0. The number of nitrogens with two attached hydrogens (primary N) is 1. The molecule has 3 nitrogen and oxygen atoms in total. The Hall–Kier alpha value is -0.800. The van der Waals surface area contributed by atoms with Gasteiger partial charge in [-0.1, -0.05) is 0 Å². The molecule has 12 heavy (non-hydrogen) atoms. The van der Waals surface area contributed by atoms with Crippen molar-refractivity contribution in [2.45, 2.75) is 25.0 Å². The minimum Gasteiger partial charge on any atom is -0.462 e. The molecule has 0 unspecified atom stereocenters. The Morgan fingerprint density at radius 2 is 2.33 bits per heavy atom. The van der Waals surface area contributed by atoms with E-state index in [1.54, 1.807) is 7.11 Å². The predicted octanol–water partition coefficient (Wildman–Crippen LogP) is 1.37. The maximum Gasteiger partial charge on any atom is 0.129 e. The van der Waals surface area contributed by atoms with E-state index in [9.17, 15) is 0 Å². The lowest BCUT2D eigenvalue weighted by atomic mass is 10.2. The van der Waals surface area contributed by atoms with Gasteiger partial charge in [0.25, 0.3) is 0 Å². The Labute approximate surface area is 71.5 Å². The van der Waals surface area contributed by atoms with E-state index < -0.39 is 0 Å². The molecule has 66 valence electrons. The molecule has 3 heteroatoms. The van der Waals surface area contributed by atoms with Gasteiger partial charge in [0.2, 0.25) is 0 Å². The number of hydrogen-bond acceptors (Lipinski definition) is 3. The zero-order chi connectivity index (χ0) is 8.60. The maximum atomic E-state index is 5.94. The van der Waals surface area contributed by atoms with E-state index >= 15 is 0 Å². The maximum absolute atomic E-state index is 5.94. The summed E-state index contributed by atoms with van der Waals surface area (Å²) in [5.74, 6) is 1.75. The van der Waals surface area contributed by atoms with Crippen LogP contribution in [0, 0.1) is 0 Å². The van der Waals surface area contributed by atoms with Crippen LogP contribution in [0.2, 0.25) is 0 Å². The van der Waals surface area contributed by atoms with Crippen LogP contribution in [-0.2, 0) is 16.9 Å². The molecular formula is C9H13NO2. The molecule has 0 radical (unpaired) electrons. The van der Waals surface area contributed by atoms with Crippen LogP contribution in [0.25, 0.3) is 0 Å². The Kier molecular flexibility index (Phi) is 1.70. The zero-order valence-corrected chi connectivity index (χ0v) is 7.17. The molecule has 0 aliphatic heterocycles. The molecule has 1 heterocycles. The first-order valence-electron chi connectivity index (χ1n) is 4.12. The topological polar surface area (TPSA) is 48.4 Å². The van der Waals surface area contributed by atoms with Gasteiger partial charge in [0.1, 0.15) is 18.1 Å². The van der Waals surface area contributed by atoms with Gasteiger partial charge in [-0.2, -0.15) is 0 Å². The Morgan fingerprint density at radius 1 is 1.58 bits per heavy atom. The van der Waals surface area contributed by atoms with E-state index in [0.29, 0.717) is 6.61 Å². The van der Waals surface area contributed by atoms with E-state index in [-0.39, 0.29) is 5.54 Å². The summed E-state index contributed by atoms with van der Waals surface area (Å²) >= 11 is 0. The third kappa shape index (κ3) is 1.26. The fourth-order valence-electron chi connectivity index (χ4n) is 1.25. The summed E-state index contributed by atoms with van der Waals surface area (Å²) in [5.41, 5.74) is 5.78. The van der Waals surface area contributed by atoms with Gasteiger partial charge in [-0.05, 0) is 25.0 Å². The fraction of sp³-hybridized carbons (Fsp3) is 0.556. The van der Waals surface area contributed by atoms with Gasteiger partial charge in [0.15, 0.2) is 0 Å². The number of methoxy groups -OCH3 is 1. The van der Waals surface area contributed by atoms with Gasteiger partial charge in [-0.25, -0.2) is 0 Å². The van der Waals surface area contributed by atoms with Crippen LogP contribution in [-0.4, -0.2) is 7.11 Å². The van der Waals surface area contributed by atoms with Crippen molar-refractivity contribution < 1.29 is 9.15 Å². The molecule has 0 bridgehead atoms. The highest BCUT2D eigenvalue weighted by Gasteiger charge is 2.42. The lowest BCUT2D eigenvalue weighted by Gasteiger charge is -2.02. The van der Waals surface area contributed by atoms with E-state index in [2.05, 4.69) is 0 Å². The zero-order valence-electron chi connectivity index (χ0n) is 7.17. The summed E-state index contributed by atoms with van der Waals surface area (Å²) in [7, 11) is 1.65. The monoisotopic (exact) mass is 167 g/mol. The second-order valence-corrected chi connectivity index (χ2v) is 3.36. The lowest BCUT2D eigenvalue weighted by Crippen LogP contribution is -2.17. The Balaban J connectivity index is 2.13. The van der Waals surface area contributed by atoms with Crippen molar-refractivity contribution in [2.24, 2.45) is 5.73 Å². The molecule has 0 aromatic carbocycles. The van der Waals surface area contributed by atoms with E-state index in [1.807, 2.05) is 12.1 Å². The third-order valence-electron chi connectivity index (χ3n) is 2.23. The van der Waals surface area contributed by atoms with Gasteiger partial charge < -0.3 is 14.9 Å². The summed E-state index contributed by atoms with van der Waals surface area (Å²) in [4.78, 5) is 0. The molecule has 0 saturated heterocycles. The highest BCUT2D eigenvalue weighted by Crippen LogP contribution is 2.43. The summed E-state index contributed by atoms with van der Waals surface area (Å²) in [6, 6.07) is 3.87. The van der Waals surface area contributed by atoms with Gasteiger partial charge in [0, 0.05) is 7.11 Å². The van der Waals surface area contributed by atoms with Crippen molar-refractivity contribution in [2.75, 3.05) is 7.11 Å². The van der Waals surface area contributed by atoms with Gasteiger partial charge in [-0.15, -0.1) is 0 Å². The fourth-order valence-corrected chi connectivity index (χ4v) is 1.25. The minimum atomic E-state index is -0.161. The van der Waals surface area contributed by atoms with Crippen molar-refractivity contribution in [3.05, 3.63) is 23.7 Å². The van der Waals surface area contributed by atoms with Crippen LogP contribution in [0.4, 0.5) is 0 Å². The number of furan rings is 1. The molecule has 1 aliphatic carbocycles. The van der Waals surface area contributed by atoms with Crippen molar-refractivity contribution in [1.29, 1.82) is 0 Å². The molecule has 1 aromatic rings. The normalized spacial score (nSPS) is 19.5. The molecule has 0 spiro atoms. The first-order chi connectivity index (χ1) is 5.74. The Morgan fingerprint density at radius 3 is 2.92 bits per heavy atom. The van der Waals surface area contributed by atoms with Crippen LogP contribution < -0.4 is 5.73 Å². The van der Waals surface area contributed by atoms with Gasteiger partial charge >= 0.3 is 0 Å². The third-order valence-corrected chi connectivity index (χ3v) is 2.23. The van der Waals surface area contributed by atoms with E-state index in [4.69, 9.17) is 14.9 Å². The highest BCUT2D eigenvalue weighted by atomic mass is 16.5. The number of rotatable bonds is 3. The van der Waals surface area contributed by atoms with Crippen LogP contribution in [0.1, 0.15) is 24.4 Å². The van der Waals surface area contributed by atoms with E-state index in [0.717, 1.165) is 24.4 Å². The van der Waals surface area contributed by atoms with Crippen LogP contribution in [0.15, 0.2) is 16.5 Å². The second kappa shape index (κ2) is 2.61. The molecule has 0 atom stereocenters. The molecule has 1 fully saturated rings. The average molecular weight is 167 g/mol. The summed E-state index contributed by atoms with van der Waals surface area (Å²) in [6.07, 6.45) is 2.07. The quantitative estimate of drug-likeness (QED) is 0.739. The standard InChI is InChI=1S/C9H13NO2/c1-11-6-7-2-3-8(12-7)9(10)4-5-9/h2-3H,4-6,10H2,1H3.